The van der Waals surface area contributed by atoms with E-state index in [1.165, 1.54) is 19.4 Å². The van der Waals surface area contributed by atoms with Gasteiger partial charge in [-0.3, -0.25) is 9.59 Å². The summed E-state index contributed by atoms with van der Waals surface area (Å²) < 4.78 is 30.2. The molecule has 9 heteroatoms. The molecule has 0 atom stereocenters. The average molecular weight is 465 g/mol. The number of para-hydroxylation sites is 2. The van der Waals surface area contributed by atoms with Gasteiger partial charge in [0.2, 0.25) is 0 Å². The summed E-state index contributed by atoms with van der Waals surface area (Å²) in [5.74, 6) is -0.917. The topological polar surface area (TPSA) is 98.2 Å². The van der Waals surface area contributed by atoms with Crippen molar-refractivity contribution in [3.8, 4) is 17.2 Å². The summed E-state index contributed by atoms with van der Waals surface area (Å²) in [4.78, 5) is 24.2. The molecule has 8 nitrogen and oxygen atoms in total. The number of rotatable bonds is 9. The summed E-state index contributed by atoms with van der Waals surface area (Å²) in [7, 11) is 1.47. The summed E-state index contributed by atoms with van der Waals surface area (Å²) >= 11 is 0. The minimum atomic E-state index is -0.945. The second kappa shape index (κ2) is 12.0. The van der Waals surface area contributed by atoms with Crippen LogP contribution in [0.1, 0.15) is 18.1 Å². The predicted octanol–water partition coefficient (Wildman–Crippen LogP) is 3.90. The highest BCUT2D eigenvalue weighted by Gasteiger charge is 2.15. The molecule has 0 heterocycles. The first kappa shape index (κ1) is 24.2. The number of hydrogen-bond donors (Lipinski definition) is 2. The van der Waals surface area contributed by atoms with Crippen molar-refractivity contribution < 1.29 is 28.2 Å². The lowest BCUT2D eigenvalue weighted by Gasteiger charge is -2.12. The average Bonchev–Trinajstić information content (AvgIpc) is 2.85. The van der Waals surface area contributed by atoms with E-state index in [4.69, 9.17) is 14.2 Å². The largest absolute Gasteiger partial charge is 0.493 e. The number of hydrogen-bond acceptors (Lipinski definition) is 6. The Morgan fingerprint density at radius 3 is 2.47 bits per heavy atom. The third-order valence-corrected chi connectivity index (χ3v) is 4.55. The molecule has 0 unspecified atom stereocenters. The van der Waals surface area contributed by atoms with Gasteiger partial charge in [0, 0.05) is 5.56 Å². The van der Waals surface area contributed by atoms with Crippen LogP contribution in [-0.2, 0) is 16.2 Å². The van der Waals surface area contributed by atoms with Crippen LogP contribution in [0.3, 0.4) is 0 Å². The van der Waals surface area contributed by atoms with Crippen LogP contribution in [0.15, 0.2) is 71.8 Å². The molecule has 3 rings (SSSR count). The molecule has 34 heavy (non-hydrogen) atoms. The SMILES string of the molecule is CCOc1ccccc1NC(=O)C(=O)NN=Cc1ccc(OCc2ccccc2F)c(OC)c1. The number of amides is 2. The fourth-order valence-electron chi connectivity index (χ4n) is 2.90. The Morgan fingerprint density at radius 1 is 0.941 bits per heavy atom. The van der Waals surface area contributed by atoms with Gasteiger partial charge >= 0.3 is 11.8 Å². The smallest absolute Gasteiger partial charge is 0.329 e. The van der Waals surface area contributed by atoms with Crippen LogP contribution in [0.5, 0.6) is 17.2 Å². The first-order chi connectivity index (χ1) is 16.5. The van der Waals surface area contributed by atoms with Crippen molar-refractivity contribution in [2.24, 2.45) is 5.10 Å². The number of nitrogens with zero attached hydrogens (tertiary/aromatic N) is 1. The van der Waals surface area contributed by atoms with E-state index in [1.807, 2.05) is 6.92 Å². The lowest BCUT2D eigenvalue weighted by molar-refractivity contribution is -0.136. The number of hydrazone groups is 1. The van der Waals surface area contributed by atoms with E-state index in [0.717, 1.165) is 0 Å². The second-order valence-corrected chi connectivity index (χ2v) is 6.87. The van der Waals surface area contributed by atoms with Gasteiger partial charge in [-0.05, 0) is 48.9 Å². The number of anilines is 1. The molecule has 2 amide bonds. The van der Waals surface area contributed by atoms with E-state index >= 15 is 0 Å². The predicted molar refractivity (Wildman–Crippen MR) is 126 cm³/mol. The van der Waals surface area contributed by atoms with Gasteiger partial charge < -0.3 is 19.5 Å². The van der Waals surface area contributed by atoms with E-state index < -0.39 is 11.8 Å². The lowest BCUT2D eigenvalue weighted by atomic mass is 10.2. The molecule has 0 saturated heterocycles. The zero-order chi connectivity index (χ0) is 24.3. The fraction of sp³-hybridized carbons (Fsp3) is 0.160. The van der Waals surface area contributed by atoms with Crippen LogP contribution in [0.4, 0.5) is 10.1 Å². The van der Waals surface area contributed by atoms with E-state index in [2.05, 4.69) is 15.8 Å². The van der Waals surface area contributed by atoms with Gasteiger partial charge in [-0.25, -0.2) is 9.82 Å². The van der Waals surface area contributed by atoms with Crippen molar-refractivity contribution in [1.82, 2.24) is 5.43 Å². The molecular weight excluding hydrogens is 441 g/mol. The normalized spacial score (nSPS) is 10.6. The molecule has 2 N–H and O–H groups in total. The molecular formula is C25H24FN3O5. The van der Waals surface area contributed by atoms with Crippen molar-refractivity contribution in [1.29, 1.82) is 0 Å². The van der Waals surface area contributed by atoms with Crippen LogP contribution < -0.4 is 25.0 Å². The van der Waals surface area contributed by atoms with Crippen LogP contribution in [0.2, 0.25) is 0 Å². The molecule has 0 bridgehead atoms. The molecule has 3 aromatic carbocycles. The molecule has 0 spiro atoms. The fourth-order valence-corrected chi connectivity index (χ4v) is 2.90. The molecule has 3 aromatic rings. The molecule has 0 aliphatic heterocycles. The first-order valence-corrected chi connectivity index (χ1v) is 10.4. The van der Waals surface area contributed by atoms with Crippen LogP contribution in [-0.4, -0.2) is 31.7 Å². The monoisotopic (exact) mass is 465 g/mol. The van der Waals surface area contributed by atoms with E-state index in [9.17, 15) is 14.0 Å². The Kier molecular flexibility index (Phi) is 8.56. The Bertz CT molecular complexity index is 1180. The summed E-state index contributed by atoms with van der Waals surface area (Å²) in [6.45, 7) is 2.27. The first-order valence-electron chi connectivity index (χ1n) is 10.4. The molecule has 0 aliphatic rings. The van der Waals surface area contributed by atoms with Gasteiger partial charge in [-0.1, -0.05) is 30.3 Å². The van der Waals surface area contributed by atoms with E-state index in [0.29, 0.717) is 40.7 Å². The summed E-state index contributed by atoms with van der Waals surface area (Å²) in [5, 5.41) is 6.30. The zero-order valence-corrected chi connectivity index (χ0v) is 18.7. The highest BCUT2D eigenvalue weighted by molar-refractivity contribution is 6.39. The maximum atomic E-state index is 13.8. The molecule has 0 aromatic heterocycles. The van der Waals surface area contributed by atoms with Gasteiger partial charge in [0.05, 0.1) is 25.6 Å². The van der Waals surface area contributed by atoms with Crippen LogP contribution in [0, 0.1) is 5.82 Å². The third-order valence-electron chi connectivity index (χ3n) is 4.55. The standard InChI is InChI=1S/C25H24FN3O5/c1-3-33-21-11-7-6-10-20(21)28-24(30)25(31)29-27-15-17-12-13-22(23(14-17)32-2)34-16-18-8-4-5-9-19(18)26/h4-15H,3,16H2,1-2H3,(H,28,30)(H,29,31). The number of halogens is 1. The van der Waals surface area contributed by atoms with Crippen molar-refractivity contribution >= 4 is 23.7 Å². The summed E-state index contributed by atoms with van der Waals surface area (Å²) in [6.07, 6.45) is 1.35. The highest BCUT2D eigenvalue weighted by Crippen LogP contribution is 2.28. The Hall–Kier alpha value is -4.40. The summed E-state index contributed by atoms with van der Waals surface area (Å²) in [5.41, 5.74) is 3.55. The Balaban J connectivity index is 1.58. The van der Waals surface area contributed by atoms with Crippen molar-refractivity contribution in [2.75, 3.05) is 19.0 Å². The molecule has 0 fully saturated rings. The second-order valence-electron chi connectivity index (χ2n) is 6.87. The Morgan fingerprint density at radius 2 is 1.71 bits per heavy atom. The quantitative estimate of drug-likeness (QED) is 0.284. The van der Waals surface area contributed by atoms with Gasteiger partial charge in [0.1, 0.15) is 18.2 Å². The number of benzene rings is 3. The van der Waals surface area contributed by atoms with Crippen molar-refractivity contribution in [2.45, 2.75) is 13.5 Å². The van der Waals surface area contributed by atoms with Gasteiger partial charge in [-0.15, -0.1) is 0 Å². The minimum Gasteiger partial charge on any atom is -0.493 e. The van der Waals surface area contributed by atoms with Crippen LogP contribution in [0.25, 0.3) is 0 Å². The van der Waals surface area contributed by atoms with Gasteiger partial charge in [-0.2, -0.15) is 5.10 Å². The van der Waals surface area contributed by atoms with Gasteiger partial charge in [0.25, 0.3) is 0 Å². The van der Waals surface area contributed by atoms with Crippen LogP contribution >= 0.6 is 0 Å². The third kappa shape index (κ3) is 6.55. The minimum absolute atomic E-state index is 0.0358. The molecule has 0 saturated carbocycles. The number of nitrogens with one attached hydrogen (secondary N) is 2. The van der Waals surface area contributed by atoms with Gasteiger partial charge in [0.15, 0.2) is 11.5 Å². The maximum Gasteiger partial charge on any atom is 0.329 e. The maximum absolute atomic E-state index is 13.8. The molecule has 176 valence electrons. The number of carbonyl (C=O) groups excluding carboxylic acids is 2. The lowest BCUT2D eigenvalue weighted by Crippen LogP contribution is -2.32. The zero-order valence-electron chi connectivity index (χ0n) is 18.7. The van der Waals surface area contributed by atoms with Crippen molar-refractivity contribution in [3.63, 3.8) is 0 Å². The number of carbonyl (C=O) groups is 2. The van der Waals surface area contributed by atoms with E-state index in [1.54, 1.807) is 60.7 Å². The van der Waals surface area contributed by atoms with Crippen molar-refractivity contribution in [3.05, 3.63) is 83.7 Å². The molecule has 0 aliphatic carbocycles. The summed E-state index contributed by atoms with van der Waals surface area (Å²) in [6, 6.07) is 18.1. The molecule has 0 radical (unpaired) electrons. The number of ether oxygens (including phenoxy) is 3. The number of methoxy groups -OCH3 is 1. The van der Waals surface area contributed by atoms with E-state index in [-0.39, 0.29) is 12.4 Å². The Labute approximate surface area is 196 Å². The highest BCUT2D eigenvalue weighted by atomic mass is 19.1.